The summed E-state index contributed by atoms with van der Waals surface area (Å²) >= 11 is 1.36. The number of thioether (sulfide) groups is 1. The fourth-order valence-electron chi connectivity index (χ4n) is 3.52. The molecule has 0 bridgehead atoms. The second kappa shape index (κ2) is 7.90. The van der Waals surface area contributed by atoms with Crippen molar-refractivity contribution in [3.05, 3.63) is 60.4 Å². The third kappa shape index (κ3) is 3.89. The lowest BCUT2D eigenvalue weighted by molar-refractivity contribution is -0.124. The Bertz CT molecular complexity index is 878. The van der Waals surface area contributed by atoms with E-state index >= 15 is 0 Å². The van der Waals surface area contributed by atoms with E-state index < -0.39 is 24.2 Å². The summed E-state index contributed by atoms with van der Waals surface area (Å²) in [5.74, 6) is -1.06. The molecule has 8 heteroatoms. The molecule has 1 aliphatic heterocycles. The van der Waals surface area contributed by atoms with E-state index in [9.17, 15) is 19.4 Å². The molecule has 1 fully saturated rings. The minimum Gasteiger partial charge on any atom is -0.390 e. The Morgan fingerprint density at radius 3 is 2.50 bits per heavy atom. The molecule has 0 aromatic heterocycles. The maximum Gasteiger partial charge on any atom is 0.228 e. The van der Waals surface area contributed by atoms with Crippen LogP contribution in [0, 0.1) is 11.7 Å². The Kier molecular flexibility index (Phi) is 5.34. The Morgan fingerprint density at radius 1 is 1.07 bits per heavy atom. The van der Waals surface area contributed by atoms with Gasteiger partial charge in [0, 0.05) is 16.6 Å². The number of carbonyl (C=O) groups is 1. The molecule has 2 aromatic carbocycles. The predicted molar refractivity (Wildman–Crippen MR) is 108 cm³/mol. The largest absolute Gasteiger partial charge is 0.390 e. The van der Waals surface area contributed by atoms with E-state index in [0.717, 1.165) is 0 Å². The molecule has 0 radical (unpaired) electrons. The quantitative estimate of drug-likeness (QED) is 0.634. The number of hydrogen-bond donors (Lipinski definition) is 4. The van der Waals surface area contributed by atoms with Crippen molar-refractivity contribution in [1.29, 1.82) is 0 Å². The highest BCUT2D eigenvalue weighted by Crippen LogP contribution is 2.41. The number of aliphatic imine (C=N–C) groups is 1. The molecule has 0 spiro atoms. The molecular formula is C20H20FN3O3S. The molecule has 0 unspecified atom stereocenters. The number of nitrogens with zero attached hydrogens (tertiary/aromatic N) is 1. The van der Waals surface area contributed by atoms with Gasteiger partial charge in [-0.25, -0.2) is 4.39 Å². The lowest BCUT2D eigenvalue weighted by atomic mass is 9.81. The Hall–Kier alpha value is -2.42. The van der Waals surface area contributed by atoms with Gasteiger partial charge in [0.1, 0.15) is 11.9 Å². The smallest absolute Gasteiger partial charge is 0.228 e. The van der Waals surface area contributed by atoms with Crippen LogP contribution in [0.5, 0.6) is 0 Å². The zero-order valence-corrected chi connectivity index (χ0v) is 15.6. The normalized spacial score (nSPS) is 29.0. The van der Waals surface area contributed by atoms with Crippen molar-refractivity contribution < 1.29 is 19.4 Å². The average Bonchev–Trinajstić information content (AvgIpc) is 3.11. The van der Waals surface area contributed by atoms with Gasteiger partial charge in [0.25, 0.3) is 0 Å². The van der Waals surface area contributed by atoms with Crippen molar-refractivity contribution in [2.24, 2.45) is 10.9 Å². The van der Waals surface area contributed by atoms with Gasteiger partial charge in [-0.05, 0) is 42.8 Å². The second-order valence-corrected chi connectivity index (χ2v) is 8.06. The number of benzene rings is 2. The SMILES string of the molecule is O=C(Nc1ccccc1)[C@@H]1C[C@@H](O)[C@H](O)[C@H]2N=C(Nc3ccc(F)cc3)S[C@@H]21. The molecule has 4 rings (SSSR count). The maximum atomic E-state index is 13.1. The topological polar surface area (TPSA) is 94.0 Å². The summed E-state index contributed by atoms with van der Waals surface area (Å²) in [5.41, 5.74) is 1.34. The average molecular weight is 401 g/mol. The number of amidine groups is 1. The number of amides is 1. The van der Waals surface area contributed by atoms with E-state index in [0.29, 0.717) is 16.5 Å². The van der Waals surface area contributed by atoms with E-state index in [-0.39, 0.29) is 23.4 Å². The summed E-state index contributed by atoms with van der Waals surface area (Å²) in [6, 6.07) is 14.4. The van der Waals surface area contributed by atoms with Crippen LogP contribution in [0.15, 0.2) is 59.6 Å². The molecule has 1 aliphatic carbocycles. The van der Waals surface area contributed by atoms with Gasteiger partial charge in [-0.2, -0.15) is 0 Å². The molecule has 28 heavy (non-hydrogen) atoms. The summed E-state index contributed by atoms with van der Waals surface area (Å²) < 4.78 is 13.1. The molecule has 2 aliphatic rings. The van der Waals surface area contributed by atoms with Crippen LogP contribution >= 0.6 is 11.8 Å². The number of fused-ring (bicyclic) bond motifs is 1. The van der Waals surface area contributed by atoms with Crippen molar-refractivity contribution in [3.63, 3.8) is 0 Å². The lowest BCUT2D eigenvalue weighted by Crippen LogP contribution is -2.52. The number of nitrogens with one attached hydrogen (secondary N) is 2. The van der Waals surface area contributed by atoms with E-state index in [1.54, 1.807) is 24.3 Å². The number of carbonyl (C=O) groups excluding carboxylic acids is 1. The van der Waals surface area contributed by atoms with Gasteiger partial charge in [0.05, 0.1) is 18.1 Å². The Balaban J connectivity index is 1.50. The minimum atomic E-state index is -1.04. The first-order chi connectivity index (χ1) is 13.5. The number of anilines is 2. The van der Waals surface area contributed by atoms with Crippen LogP contribution in [0.3, 0.4) is 0 Å². The number of hydrogen-bond acceptors (Lipinski definition) is 6. The number of aliphatic hydroxyl groups excluding tert-OH is 2. The summed E-state index contributed by atoms with van der Waals surface area (Å²) in [7, 11) is 0. The number of halogens is 1. The van der Waals surface area contributed by atoms with Crippen LogP contribution < -0.4 is 10.6 Å². The highest BCUT2D eigenvalue weighted by molar-refractivity contribution is 8.15. The molecule has 1 amide bonds. The first-order valence-corrected chi connectivity index (χ1v) is 9.88. The van der Waals surface area contributed by atoms with Crippen LogP contribution in [-0.2, 0) is 4.79 Å². The van der Waals surface area contributed by atoms with Crippen LogP contribution in [0.2, 0.25) is 0 Å². The molecule has 1 saturated carbocycles. The van der Waals surface area contributed by atoms with Crippen molar-refractivity contribution in [1.82, 2.24) is 0 Å². The Morgan fingerprint density at radius 2 is 1.79 bits per heavy atom. The molecule has 146 valence electrons. The summed E-state index contributed by atoms with van der Waals surface area (Å²) in [6.45, 7) is 0. The van der Waals surface area contributed by atoms with Crippen molar-refractivity contribution >= 4 is 34.2 Å². The molecule has 1 heterocycles. The molecule has 0 saturated heterocycles. The predicted octanol–water partition coefficient (Wildman–Crippen LogP) is 2.46. The first kappa shape index (κ1) is 18.9. The maximum absolute atomic E-state index is 13.1. The van der Waals surface area contributed by atoms with Crippen molar-refractivity contribution in [2.75, 3.05) is 10.6 Å². The zero-order chi connectivity index (χ0) is 19.7. The van der Waals surface area contributed by atoms with Crippen molar-refractivity contribution in [2.45, 2.75) is 29.9 Å². The first-order valence-electron chi connectivity index (χ1n) is 9.00. The standard InChI is InChI=1S/C20H20FN3O3S/c21-11-6-8-13(9-7-11)23-20-24-16-17(26)15(25)10-14(18(16)28-20)19(27)22-12-4-2-1-3-5-12/h1-9,14-18,25-26H,10H2,(H,22,27)(H,23,24)/t14-,15-,16-,17+,18-/m1/s1. The van der Waals surface area contributed by atoms with Gasteiger partial charge in [-0.15, -0.1) is 0 Å². The summed E-state index contributed by atoms with van der Waals surface area (Å²) in [6.07, 6.45) is -1.90. The van der Waals surface area contributed by atoms with E-state index in [1.807, 2.05) is 18.2 Å². The van der Waals surface area contributed by atoms with Crippen LogP contribution in [-0.4, -0.2) is 44.8 Å². The second-order valence-electron chi connectivity index (χ2n) is 6.89. The zero-order valence-electron chi connectivity index (χ0n) is 14.8. The summed E-state index contributed by atoms with van der Waals surface area (Å²) in [4.78, 5) is 17.3. The van der Waals surface area contributed by atoms with Crippen LogP contribution in [0.1, 0.15) is 6.42 Å². The highest BCUT2D eigenvalue weighted by atomic mass is 32.2. The molecule has 2 aromatic rings. The van der Waals surface area contributed by atoms with Crippen LogP contribution in [0.25, 0.3) is 0 Å². The molecule has 4 N–H and O–H groups in total. The van der Waals surface area contributed by atoms with Crippen molar-refractivity contribution in [3.8, 4) is 0 Å². The van der Waals surface area contributed by atoms with Gasteiger partial charge in [-0.1, -0.05) is 30.0 Å². The van der Waals surface area contributed by atoms with Crippen LogP contribution in [0.4, 0.5) is 15.8 Å². The van der Waals surface area contributed by atoms with Gasteiger partial charge in [0.2, 0.25) is 5.91 Å². The minimum absolute atomic E-state index is 0.160. The van der Waals surface area contributed by atoms with E-state index in [2.05, 4.69) is 15.6 Å². The summed E-state index contributed by atoms with van der Waals surface area (Å²) in [5, 5.41) is 26.8. The van der Waals surface area contributed by atoms with E-state index in [4.69, 9.17) is 0 Å². The molecule has 6 nitrogen and oxygen atoms in total. The molecular weight excluding hydrogens is 381 g/mol. The lowest BCUT2D eigenvalue weighted by Gasteiger charge is -2.37. The monoisotopic (exact) mass is 401 g/mol. The third-order valence-corrected chi connectivity index (χ3v) is 6.27. The van der Waals surface area contributed by atoms with Gasteiger partial charge in [0.15, 0.2) is 5.17 Å². The third-order valence-electron chi connectivity index (χ3n) is 4.96. The highest BCUT2D eigenvalue weighted by Gasteiger charge is 2.50. The van der Waals surface area contributed by atoms with Gasteiger partial charge < -0.3 is 20.8 Å². The van der Waals surface area contributed by atoms with Gasteiger partial charge in [-0.3, -0.25) is 9.79 Å². The number of aliphatic hydroxyl groups is 2. The van der Waals surface area contributed by atoms with Gasteiger partial charge >= 0.3 is 0 Å². The fraction of sp³-hybridized carbons (Fsp3) is 0.300. The molecule has 5 atom stereocenters. The van der Waals surface area contributed by atoms with E-state index in [1.165, 1.54) is 23.9 Å². The Labute approximate surface area is 165 Å². The number of para-hydroxylation sites is 1. The fourth-order valence-corrected chi connectivity index (χ4v) is 4.90. The number of rotatable bonds is 3.